The number of hydrogen-bond acceptors (Lipinski definition) is 3. The van der Waals surface area contributed by atoms with E-state index in [9.17, 15) is 18.4 Å². The Morgan fingerprint density at radius 2 is 1.75 bits per heavy atom. The first-order chi connectivity index (χ1) is 11.4. The van der Waals surface area contributed by atoms with Gasteiger partial charge in [0.2, 0.25) is 0 Å². The molecule has 24 heavy (non-hydrogen) atoms. The lowest BCUT2D eigenvalue weighted by molar-refractivity contribution is -0.128. The second-order valence-electron chi connectivity index (χ2n) is 4.78. The van der Waals surface area contributed by atoms with E-state index in [2.05, 4.69) is 26.8 Å². The van der Waals surface area contributed by atoms with Gasteiger partial charge in [-0.25, -0.2) is 8.78 Å². The van der Waals surface area contributed by atoms with Crippen molar-refractivity contribution in [2.24, 2.45) is 0 Å². The van der Waals surface area contributed by atoms with Crippen LogP contribution in [-0.2, 0) is 4.79 Å². The number of halogens is 3. The van der Waals surface area contributed by atoms with Crippen LogP contribution in [0.15, 0.2) is 46.9 Å². The first-order valence-corrected chi connectivity index (χ1v) is 7.63. The average Bonchev–Trinajstić information content (AvgIpc) is 2.56. The second kappa shape index (κ2) is 7.87. The highest BCUT2D eigenvalue weighted by atomic mass is 79.9. The molecule has 0 unspecified atom stereocenters. The van der Waals surface area contributed by atoms with Crippen LogP contribution < -0.4 is 15.6 Å². The van der Waals surface area contributed by atoms with Crippen molar-refractivity contribution in [2.45, 2.75) is 13.0 Å². The molecule has 0 aliphatic heterocycles. The summed E-state index contributed by atoms with van der Waals surface area (Å²) in [6.07, 6.45) is -0.955. The topological polar surface area (TPSA) is 67.4 Å². The summed E-state index contributed by atoms with van der Waals surface area (Å²) in [5, 5.41) is 0. The van der Waals surface area contributed by atoms with Gasteiger partial charge in [0.15, 0.2) is 6.10 Å². The van der Waals surface area contributed by atoms with Crippen molar-refractivity contribution in [3.63, 3.8) is 0 Å². The molecule has 0 bridgehead atoms. The zero-order valence-corrected chi connectivity index (χ0v) is 14.1. The zero-order chi connectivity index (χ0) is 17.7. The van der Waals surface area contributed by atoms with Crippen LogP contribution in [0.2, 0.25) is 0 Å². The van der Waals surface area contributed by atoms with Gasteiger partial charge >= 0.3 is 0 Å². The summed E-state index contributed by atoms with van der Waals surface area (Å²) in [7, 11) is 0. The summed E-state index contributed by atoms with van der Waals surface area (Å²) in [6.45, 7) is 1.45. The van der Waals surface area contributed by atoms with Crippen molar-refractivity contribution in [3.05, 3.63) is 64.1 Å². The fraction of sp³-hybridized carbons (Fsp3) is 0.125. The molecule has 0 saturated carbocycles. The molecule has 2 N–H and O–H groups in total. The molecule has 0 aromatic heterocycles. The normalized spacial score (nSPS) is 11.5. The van der Waals surface area contributed by atoms with Gasteiger partial charge in [0.25, 0.3) is 11.8 Å². The van der Waals surface area contributed by atoms with Gasteiger partial charge in [-0.05, 0) is 49.4 Å². The maximum Gasteiger partial charge on any atom is 0.279 e. The van der Waals surface area contributed by atoms with Crippen LogP contribution in [0.1, 0.15) is 17.3 Å². The number of carbonyl (C=O) groups excluding carboxylic acids is 2. The lowest BCUT2D eigenvalue weighted by Gasteiger charge is -2.15. The number of nitrogens with one attached hydrogen (secondary N) is 2. The predicted octanol–water partition coefficient (Wildman–Crippen LogP) is 2.96. The monoisotopic (exact) mass is 398 g/mol. The summed E-state index contributed by atoms with van der Waals surface area (Å²) < 4.78 is 32.2. The Hall–Kier alpha value is -2.48. The molecule has 126 valence electrons. The molecule has 0 aliphatic rings. The van der Waals surface area contributed by atoms with Crippen molar-refractivity contribution in [1.82, 2.24) is 10.9 Å². The van der Waals surface area contributed by atoms with Gasteiger partial charge in [-0.2, -0.15) is 0 Å². The van der Waals surface area contributed by atoms with E-state index in [0.29, 0.717) is 10.2 Å². The number of hydrogen-bond donors (Lipinski definition) is 2. The molecule has 1 atom stereocenters. The third kappa shape index (κ3) is 4.76. The zero-order valence-electron chi connectivity index (χ0n) is 12.5. The third-order valence-electron chi connectivity index (χ3n) is 2.97. The molecule has 0 fully saturated rings. The number of amides is 2. The number of hydrazine groups is 1. The van der Waals surface area contributed by atoms with Crippen LogP contribution in [0, 0.1) is 11.6 Å². The molecule has 5 nitrogen and oxygen atoms in total. The Kier molecular flexibility index (Phi) is 5.86. The highest BCUT2D eigenvalue weighted by Crippen LogP contribution is 2.15. The molecule has 0 spiro atoms. The summed E-state index contributed by atoms with van der Waals surface area (Å²) in [5.74, 6) is -2.31. The smallest absolute Gasteiger partial charge is 0.279 e. The van der Waals surface area contributed by atoms with E-state index in [-0.39, 0.29) is 5.56 Å². The highest BCUT2D eigenvalue weighted by Gasteiger charge is 2.17. The molecule has 2 amide bonds. The fourth-order valence-corrected chi connectivity index (χ4v) is 2.09. The van der Waals surface area contributed by atoms with Crippen molar-refractivity contribution in [1.29, 1.82) is 0 Å². The van der Waals surface area contributed by atoms with Crippen molar-refractivity contribution in [3.8, 4) is 5.75 Å². The average molecular weight is 399 g/mol. The molecular weight excluding hydrogens is 386 g/mol. The molecule has 2 aromatic rings. The highest BCUT2D eigenvalue weighted by molar-refractivity contribution is 9.10. The van der Waals surface area contributed by atoms with E-state index >= 15 is 0 Å². The van der Waals surface area contributed by atoms with Gasteiger partial charge in [-0.3, -0.25) is 20.4 Å². The Bertz CT molecular complexity index is 753. The standard InChI is InChI=1S/C16H13BrF2N2O3/c1-9(24-12-5-3-11(18)4-6-12)15(22)20-21-16(23)13-8-10(17)2-7-14(13)19/h2-9H,1H3,(H,20,22)(H,21,23)/t9-/m0/s1. The number of ether oxygens (including phenoxy) is 1. The van der Waals surface area contributed by atoms with Gasteiger partial charge in [0, 0.05) is 4.47 Å². The summed E-state index contributed by atoms with van der Waals surface area (Å²) in [5.41, 5.74) is 4.02. The second-order valence-corrected chi connectivity index (χ2v) is 5.70. The van der Waals surface area contributed by atoms with Crippen LogP contribution in [0.4, 0.5) is 8.78 Å². The SMILES string of the molecule is C[C@H](Oc1ccc(F)cc1)C(=O)NNC(=O)c1cc(Br)ccc1F. The fourth-order valence-electron chi connectivity index (χ4n) is 1.73. The van der Waals surface area contributed by atoms with Crippen molar-refractivity contribution in [2.75, 3.05) is 0 Å². The minimum Gasteiger partial charge on any atom is -0.481 e. The molecule has 0 aliphatic carbocycles. The quantitative estimate of drug-likeness (QED) is 0.778. The number of rotatable bonds is 4. The van der Waals surface area contributed by atoms with Gasteiger partial charge in [-0.15, -0.1) is 0 Å². The molecule has 0 saturated heterocycles. The molecule has 2 aromatic carbocycles. The summed E-state index contributed by atoms with van der Waals surface area (Å²) >= 11 is 3.13. The van der Waals surface area contributed by atoms with E-state index in [4.69, 9.17) is 4.74 Å². The Balaban J connectivity index is 1.91. The van der Waals surface area contributed by atoms with Crippen LogP contribution >= 0.6 is 15.9 Å². The van der Waals surface area contributed by atoms with Crippen LogP contribution in [0.3, 0.4) is 0 Å². The third-order valence-corrected chi connectivity index (χ3v) is 3.46. The van der Waals surface area contributed by atoms with E-state index in [0.717, 1.165) is 6.07 Å². The van der Waals surface area contributed by atoms with E-state index in [1.54, 1.807) is 0 Å². The number of carbonyl (C=O) groups is 2. The Morgan fingerprint density at radius 1 is 1.08 bits per heavy atom. The van der Waals surface area contributed by atoms with E-state index in [1.807, 2.05) is 0 Å². The van der Waals surface area contributed by atoms with Crippen molar-refractivity contribution < 1.29 is 23.1 Å². The van der Waals surface area contributed by atoms with E-state index < -0.39 is 29.6 Å². The number of benzene rings is 2. The van der Waals surface area contributed by atoms with Gasteiger partial charge in [0.1, 0.15) is 17.4 Å². The van der Waals surface area contributed by atoms with Gasteiger partial charge in [-0.1, -0.05) is 15.9 Å². The van der Waals surface area contributed by atoms with Crippen LogP contribution in [0.5, 0.6) is 5.75 Å². The first-order valence-electron chi connectivity index (χ1n) is 6.84. The first kappa shape index (κ1) is 17.9. The molecule has 0 heterocycles. The van der Waals surface area contributed by atoms with E-state index in [1.165, 1.54) is 43.3 Å². The van der Waals surface area contributed by atoms with Crippen LogP contribution in [-0.4, -0.2) is 17.9 Å². The summed E-state index contributed by atoms with van der Waals surface area (Å²) in [4.78, 5) is 23.7. The largest absolute Gasteiger partial charge is 0.481 e. The summed E-state index contributed by atoms with van der Waals surface area (Å²) in [6, 6.07) is 8.98. The van der Waals surface area contributed by atoms with Gasteiger partial charge in [0.05, 0.1) is 5.56 Å². The van der Waals surface area contributed by atoms with Crippen LogP contribution in [0.25, 0.3) is 0 Å². The molecular formula is C16H13BrF2N2O3. The minimum absolute atomic E-state index is 0.225. The minimum atomic E-state index is -0.955. The maximum atomic E-state index is 13.6. The predicted molar refractivity (Wildman–Crippen MR) is 86.2 cm³/mol. The molecule has 0 radical (unpaired) electrons. The Labute approximate surface area is 145 Å². The van der Waals surface area contributed by atoms with Crippen molar-refractivity contribution >= 4 is 27.7 Å². The lowest BCUT2D eigenvalue weighted by atomic mass is 10.2. The Morgan fingerprint density at radius 3 is 2.42 bits per heavy atom. The molecule has 2 rings (SSSR count). The molecule has 8 heteroatoms. The van der Waals surface area contributed by atoms with Gasteiger partial charge < -0.3 is 4.74 Å². The lowest BCUT2D eigenvalue weighted by Crippen LogP contribution is -2.47. The maximum absolute atomic E-state index is 13.6.